The van der Waals surface area contributed by atoms with Gasteiger partial charge in [0.15, 0.2) is 0 Å². The average Bonchev–Trinajstić information content (AvgIpc) is 2.36. The van der Waals surface area contributed by atoms with Crippen LogP contribution < -0.4 is 0 Å². The third kappa shape index (κ3) is 3.05. The number of benzene rings is 1. The minimum atomic E-state index is -1.06. The van der Waals surface area contributed by atoms with Gasteiger partial charge in [0.1, 0.15) is 0 Å². The normalized spacial score (nSPS) is 11.2. The van der Waals surface area contributed by atoms with E-state index >= 15 is 0 Å². The summed E-state index contributed by atoms with van der Waals surface area (Å²) in [4.78, 5) is 22.9. The number of likely N-dealkylation sites (N-methyl/N-ethyl adjacent to an activating group) is 1. The van der Waals surface area contributed by atoms with Gasteiger partial charge in [-0.05, 0) is 26.0 Å². The molecule has 0 bridgehead atoms. The molecule has 1 rings (SSSR count). The number of hydrogen-bond acceptors (Lipinski definition) is 4. The fraction of sp³-hybridized carbons (Fsp3) is 0.417. The van der Waals surface area contributed by atoms with Crippen LogP contribution in [0.1, 0.15) is 24.2 Å². The molecule has 0 fully saturated rings. The summed E-state index contributed by atoms with van der Waals surface area (Å²) in [5.74, 6) is -1.58. The van der Waals surface area contributed by atoms with E-state index in [-0.39, 0.29) is 12.2 Å². The van der Waals surface area contributed by atoms with Gasteiger partial charge in [-0.3, -0.25) is 14.9 Å². The molecule has 0 saturated heterocycles. The van der Waals surface area contributed by atoms with Crippen molar-refractivity contribution >= 4 is 11.6 Å². The second-order valence-electron chi connectivity index (χ2n) is 4.76. The van der Waals surface area contributed by atoms with Gasteiger partial charge in [-0.25, -0.2) is 0 Å². The number of aliphatic hydroxyl groups is 1. The van der Waals surface area contributed by atoms with Crippen LogP contribution in [0.2, 0.25) is 0 Å². The number of nitrogens with zero attached hydrogens (tertiary/aromatic N) is 2. The molecule has 1 N–H and O–H groups in total. The zero-order valence-corrected chi connectivity index (χ0v) is 10.9. The summed E-state index contributed by atoms with van der Waals surface area (Å²) < 4.78 is 13.4. The molecule has 7 heteroatoms. The molecule has 0 aliphatic carbocycles. The monoisotopic (exact) mass is 270 g/mol. The number of amides is 1. The van der Waals surface area contributed by atoms with E-state index in [1.54, 1.807) is 13.8 Å². The van der Waals surface area contributed by atoms with Crippen LogP contribution in [0.25, 0.3) is 0 Å². The highest BCUT2D eigenvalue weighted by atomic mass is 19.1. The fourth-order valence-electron chi connectivity index (χ4n) is 1.36. The molecule has 0 radical (unpaired) electrons. The molecule has 0 unspecified atom stereocenters. The minimum absolute atomic E-state index is 0.00729. The first-order chi connectivity index (χ1) is 8.70. The molecule has 0 aliphatic rings. The van der Waals surface area contributed by atoms with Crippen molar-refractivity contribution in [2.24, 2.45) is 0 Å². The molecule has 0 saturated carbocycles. The number of nitro groups is 1. The zero-order chi connectivity index (χ0) is 14.8. The standard InChI is InChI=1S/C12H15FN2O4/c1-12(2,7-16)14(3)11(17)8-4-5-10(15(18)19)9(13)6-8/h4-6,16H,7H2,1-3H3. The van der Waals surface area contributed by atoms with Crippen LogP contribution in [0.4, 0.5) is 10.1 Å². The van der Waals surface area contributed by atoms with Crippen molar-refractivity contribution in [3.63, 3.8) is 0 Å². The average molecular weight is 270 g/mol. The van der Waals surface area contributed by atoms with E-state index in [4.69, 9.17) is 0 Å². The van der Waals surface area contributed by atoms with E-state index in [9.17, 15) is 24.4 Å². The molecule has 104 valence electrons. The topological polar surface area (TPSA) is 83.7 Å². The molecule has 1 amide bonds. The number of aliphatic hydroxyl groups excluding tert-OH is 1. The van der Waals surface area contributed by atoms with Gasteiger partial charge in [-0.2, -0.15) is 4.39 Å². The van der Waals surface area contributed by atoms with Crippen molar-refractivity contribution in [2.45, 2.75) is 19.4 Å². The number of rotatable bonds is 4. The van der Waals surface area contributed by atoms with E-state index in [0.29, 0.717) is 0 Å². The summed E-state index contributed by atoms with van der Waals surface area (Å²) >= 11 is 0. The highest BCUT2D eigenvalue weighted by Gasteiger charge is 2.28. The number of nitro benzene ring substituents is 1. The van der Waals surface area contributed by atoms with Crippen molar-refractivity contribution in [2.75, 3.05) is 13.7 Å². The molecule has 1 aromatic carbocycles. The summed E-state index contributed by atoms with van der Waals surface area (Å²) in [6.45, 7) is 3.03. The molecular weight excluding hydrogens is 255 g/mol. The molecule has 0 atom stereocenters. The Morgan fingerprint density at radius 2 is 2.11 bits per heavy atom. The van der Waals surface area contributed by atoms with Crippen LogP contribution in [0, 0.1) is 15.9 Å². The minimum Gasteiger partial charge on any atom is -0.394 e. The molecule has 0 heterocycles. The highest BCUT2D eigenvalue weighted by Crippen LogP contribution is 2.21. The second-order valence-corrected chi connectivity index (χ2v) is 4.76. The quantitative estimate of drug-likeness (QED) is 0.665. The lowest BCUT2D eigenvalue weighted by molar-refractivity contribution is -0.387. The van der Waals surface area contributed by atoms with E-state index in [1.807, 2.05) is 0 Å². The first-order valence-electron chi connectivity index (χ1n) is 5.53. The molecule has 6 nitrogen and oxygen atoms in total. The predicted molar refractivity (Wildman–Crippen MR) is 66.3 cm³/mol. The van der Waals surface area contributed by atoms with Crippen molar-refractivity contribution in [3.05, 3.63) is 39.7 Å². The van der Waals surface area contributed by atoms with E-state index in [2.05, 4.69) is 0 Å². The largest absolute Gasteiger partial charge is 0.394 e. The van der Waals surface area contributed by atoms with Crippen LogP contribution in [-0.2, 0) is 0 Å². The lowest BCUT2D eigenvalue weighted by Gasteiger charge is -2.33. The molecule has 1 aromatic rings. The molecular formula is C12H15FN2O4. The van der Waals surface area contributed by atoms with Gasteiger partial charge < -0.3 is 10.0 Å². The van der Waals surface area contributed by atoms with E-state index in [0.717, 1.165) is 12.1 Å². The van der Waals surface area contributed by atoms with Gasteiger partial charge in [-0.1, -0.05) is 0 Å². The lowest BCUT2D eigenvalue weighted by atomic mass is 10.0. The van der Waals surface area contributed by atoms with Crippen LogP contribution >= 0.6 is 0 Å². The Balaban J connectivity index is 3.08. The maximum atomic E-state index is 13.4. The number of halogens is 1. The summed E-state index contributed by atoms with van der Waals surface area (Å²) in [7, 11) is 1.47. The summed E-state index contributed by atoms with van der Waals surface area (Å²) in [6, 6.07) is 2.96. The third-order valence-corrected chi connectivity index (χ3v) is 2.99. The van der Waals surface area contributed by atoms with Gasteiger partial charge >= 0.3 is 5.69 Å². The second kappa shape index (κ2) is 5.31. The highest BCUT2D eigenvalue weighted by molar-refractivity contribution is 5.94. The van der Waals surface area contributed by atoms with Crippen LogP contribution in [-0.4, -0.2) is 40.0 Å². The smallest absolute Gasteiger partial charge is 0.304 e. The van der Waals surface area contributed by atoms with Gasteiger partial charge in [0, 0.05) is 18.7 Å². The van der Waals surface area contributed by atoms with E-state index in [1.165, 1.54) is 18.0 Å². The first-order valence-corrected chi connectivity index (χ1v) is 5.53. The Kier molecular flexibility index (Phi) is 4.21. The van der Waals surface area contributed by atoms with Crippen molar-refractivity contribution in [3.8, 4) is 0 Å². The van der Waals surface area contributed by atoms with Gasteiger partial charge in [0.25, 0.3) is 5.91 Å². The maximum Gasteiger partial charge on any atom is 0.304 e. The van der Waals surface area contributed by atoms with Crippen molar-refractivity contribution in [1.82, 2.24) is 4.90 Å². The van der Waals surface area contributed by atoms with Crippen LogP contribution in [0.5, 0.6) is 0 Å². The molecule has 0 aromatic heterocycles. The Labute approximate surface area is 109 Å². The number of carbonyl (C=O) groups is 1. The Bertz CT molecular complexity index is 516. The molecule has 0 aliphatic heterocycles. The number of carbonyl (C=O) groups excluding carboxylic acids is 1. The lowest BCUT2D eigenvalue weighted by Crippen LogP contribution is -2.47. The first kappa shape index (κ1) is 15.0. The summed E-state index contributed by atoms with van der Waals surface area (Å²) in [5.41, 5.74) is -1.50. The summed E-state index contributed by atoms with van der Waals surface area (Å²) in [5, 5.41) is 19.7. The Morgan fingerprint density at radius 1 is 1.53 bits per heavy atom. The van der Waals surface area contributed by atoms with Crippen LogP contribution in [0.15, 0.2) is 18.2 Å². The van der Waals surface area contributed by atoms with Gasteiger partial charge in [0.05, 0.1) is 17.1 Å². The van der Waals surface area contributed by atoms with Crippen molar-refractivity contribution in [1.29, 1.82) is 0 Å². The zero-order valence-electron chi connectivity index (χ0n) is 10.9. The Hall–Kier alpha value is -2.02. The SMILES string of the molecule is CN(C(=O)c1ccc([N+](=O)[O-])c(F)c1)C(C)(C)CO. The molecule has 0 spiro atoms. The molecule has 19 heavy (non-hydrogen) atoms. The van der Waals surface area contributed by atoms with Gasteiger partial charge in [0.2, 0.25) is 5.82 Å². The third-order valence-electron chi connectivity index (χ3n) is 2.99. The van der Waals surface area contributed by atoms with Crippen LogP contribution in [0.3, 0.4) is 0 Å². The fourth-order valence-corrected chi connectivity index (χ4v) is 1.36. The summed E-state index contributed by atoms with van der Waals surface area (Å²) in [6.07, 6.45) is 0. The number of hydrogen-bond donors (Lipinski definition) is 1. The van der Waals surface area contributed by atoms with Gasteiger partial charge in [-0.15, -0.1) is 0 Å². The van der Waals surface area contributed by atoms with Crippen molar-refractivity contribution < 1.29 is 19.2 Å². The van der Waals surface area contributed by atoms with E-state index < -0.39 is 27.9 Å². The Morgan fingerprint density at radius 3 is 2.53 bits per heavy atom. The maximum absolute atomic E-state index is 13.4. The predicted octanol–water partition coefficient (Wildman–Crippen LogP) is 1.58.